The number of aromatic nitrogens is 2. The van der Waals surface area contributed by atoms with E-state index in [-0.39, 0.29) is 22.4 Å². The summed E-state index contributed by atoms with van der Waals surface area (Å²) >= 11 is 7.83. The zero-order valence-corrected chi connectivity index (χ0v) is 31.0. The fourth-order valence-corrected chi connectivity index (χ4v) is 9.54. The largest absolute Gasteiger partial charge is 0.438 e. The molecule has 3 aliphatic rings. The van der Waals surface area contributed by atoms with Gasteiger partial charge in [-0.15, -0.1) is 11.8 Å². The highest BCUT2D eigenvalue weighted by Gasteiger charge is 2.56. The van der Waals surface area contributed by atoms with Gasteiger partial charge in [-0.2, -0.15) is 5.26 Å². The number of fused-ring (bicyclic) bond motifs is 2. The third kappa shape index (κ3) is 8.10. The van der Waals surface area contributed by atoms with Crippen molar-refractivity contribution in [2.24, 2.45) is 5.41 Å². The van der Waals surface area contributed by atoms with Crippen molar-refractivity contribution in [1.82, 2.24) is 9.55 Å². The zero-order valence-electron chi connectivity index (χ0n) is 28.5. The van der Waals surface area contributed by atoms with Crippen LogP contribution in [0.25, 0.3) is 11.0 Å². The highest BCUT2D eigenvalue weighted by molar-refractivity contribution is 8.04. The molecule has 3 aromatic rings. The minimum atomic E-state index is -3.93. The minimum Gasteiger partial charge on any atom is -0.438 e. The lowest BCUT2D eigenvalue weighted by Gasteiger charge is -2.25. The molecule has 4 heterocycles. The summed E-state index contributed by atoms with van der Waals surface area (Å²) in [6.07, 6.45) is 3.93. The molecule has 3 fully saturated rings. The van der Waals surface area contributed by atoms with Crippen LogP contribution < -0.4 is 9.84 Å². The second-order valence-electron chi connectivity index (χ2n) is 14.1. The Balaban J connectivity index is 1.21. The Bertz CT molecular complexity index is 1810. The predicted molar refractivity (Wildman–Crippen MR) is 187 cm³/mol. The Morgan fingerprint density at radius 1 is 1.20 bits per heavy atom. The summed E-state index contributed by atoms with van der Waals surface area (Å²) in [5, 5.41) is 14.3. The Morgan fingerprint density at radius 3 is 2.58 bits per heavy atom. The number of carbonyl (C=O) groups excluding carboxylic acids is 1. The first-order valence-electron chi connectivity index (χ1n) is 16.5. The molecule has 0 spiro atoms. The standard InChI is InChI=1S/C34H41ClFN4O8PS/c1-33(2,3)32(41)43-18-44-49(42,48-22-12-10-20(36)11-13-22)19-50-17-25-27-28(47-34(4,5)46-27)31(45-25)40-15-14-23-26(38-21-8-6-7-9-21)24(16-37)29(35)39-30(23)40/h10-15,21,25,27-28,31H,6-9,17-19H2,1-5H3,(H,38,39)/t25-,27-,28-,31-,49?/m1/s1. The smallest absolute Gasteiger partial charge is 0.391 e. The maximum atomic E-state index is 13.9. The van der Waals surface area contributed by atoms with Crippen LogP contribution >= 0.6 is 31.0 Å². The van der Waals surface area contributed by atoms with Gasteiger partial charge in [0.15, 0.2) is 17.2 Å². The van der Waals surface area contributed by atoms with Crippen LogP contribution in [0.4, 0.5) is 10.1 Å². The molecule has 1 aromatic carbocycles. The quantitative estimate of drug-likeness (QED) is 0.0829. The second kappa shape index (κ2) is 14.6. The Kier molecular flexibility index (Phi) is 10.8. The summed E-state index contributed by atoms with van der Waals surface area (Å²) < 4.78 is 65.1. The van der Waals surface area contributed by atoms with E-state index in [1.807, 2.05) is 30.7 Å². The molecule has 0 radical (unpaired) electrons. The molecule has 1 unspecified atom stereocenters. The number of benzene rings is 1. The number of thioether (sulfide) groups is 1. The molecule has 270 valence electrons. The molecule has 0 bridgehead atoms. The monoisotopic (exact) mass is 750 g/mol. The van der Waals surface area contributed by atoms with Crippen LogP contribution in [0.3, 0.4) is 0 Å². The molecular weight excluding hydrogens is 710 g/mol. The number of hydrogen-bond acceptors (Lipinski definition) is 12. The molecule has 16 heteroatoms. The highest BCUT2D eigenvalue weighted by atomic mass is 35.5. The average molecular weight is 751 g/mol. The van der Waals surface area contributed by atoms with Crippen molar-refractivity contribution >= 4 is 53.6 Å². The van der Waals surface area contributed by atoms with Crippen molar-refractivity contribution in [3.8, 4) is 11.8 Å². The molecule has 0 amide bonds. The molecule has 1 aliphatic carbocycles. The summed E-state index contributed by atoms with van der Waals surface area (Å²) in [7, 11) is -3.93. The van der Waals surface area contributed by atoms with Gasteiger partial charge in [0.2, 0.25) is 6.79 Å². The van der Waals surface area contributed by atoms with Gasteiger partial charge in [0, 0.05) is 23.4 Å². The molecule has 2 aliphatic heterocycles. The minimum absolute atomic E-state index is 0.0936. The van der Waals surface area contributed by atoms with Crippen LogP contribution in [0, 0.1) is 22.6 Å². The van der Waals surface area contributed by atoms with Crippen molar-refractivity contribution in [1.29, 1.82) is 5.26 Å². The van der Waals surface area contributed by atoms with Gasteiger partial charge < -0.3 is 33.4 Å². The molecule has 2 saturated heterocycles. The number of nitrogens with one attached hydrogen (secondary N) is 1. The third-order valence-electron chi connectivity index (χ3n) is 8.67. The number of anilines is 1. The van der Waals surface area contributed by atoms with Gasteiger partial charge in [-0.25, -0.2) is 13.9 Å². The van der Waals surface area contributed by atoms with Crippen molar-refractivity contribution in [3.05, 3.63) is 53.1 Å². The van der Waals surface area contributed by atoms with Gasteiger partial charge in [-0.3, -0.25) is 9.32 Å². The first-order valence-corrected chi connectivity index (χ1v) is 19.7. The van der Waals surface area contributed by atoms with Gasteiger partial charge >= 0.3 is 13.6 Å². The number of nitrogens with zero attached hydrogens (tertiary/aromatic N) is 3. The van der Waals surface area contributed by atoms with E-state index in [4.69, 9.17) is 39.6 Å². The SMILES string of the molecule is CC1(C)O[C@@H]2[C@H](O1)[C@@H](CSCP(=O)(OCOC(=O)C(C)(C)C)Oc1ccc(F)cc1)O[C@H]2n1ccc2c(NC3CCCC3)c(C#N)c(Cl)nc21. The molecule has 6 rings (SSSR count). The number of pyridine rings is 1. The van der Waals surface area contributed by atoms with Crippen molar-refractivity contribution in [2.75, 3.05) is 23.4 Å². The van der Waals surface area contributed by atoms with E-state index in [1.165, 1.54) is 36.0 Å². The van der Waals surface area contributed by atoms with Gasteiger partial charge in [-0.1, -0.05) is 24.4 Å². The van der Waals surface area contributed by atoms with Gasteiger partial charge in [0.1, 0.15) is 46.5 Å². The number of carbonyl (C=O) groups is 1. The molecule has 5 atom stereocenters. The molecule has 50 heavy (non-hydrogen) atoms. The number of ether oxygens (including phenoxy) is 4. The number of esters is 1. The normalized spacial score (nSPS) is 24.5. The first kappa shape index (κ1) is 36.9. The lowest BCUT2D eigenvalue weighted by Crippen LogP contribution is -2.31. The second-order valence-corrected chi connectivity index (χ2v) is 17.9. The molecular formula is C34H41ClFN4O8PS. The van der Waals surface area contributed by atoms with Crippen molar-refractivity contribution in [2.45, 2.75) is 96.7 Å². The van der Waals surface area contributed by atoms with E-state index in [0.29, 0.717) is 22.7 Å². The van der Waals surface area contributed by atoms with Gasteiger partial charge in [-0.05, 0) is 77.8 Å². The Hall–Kier alpha value is -2.89. The van der Waals surface area contributed by atoms with E-state index in [9.17, 15) is 19.0 Å². The van der Waals surface area contributed by atoms with Crippen molar-refractivity contribution in [3.63, 3.8) is 0 Å². The van der Waals surface area contributed by atoms with Gasteiger partial charge in [0.05, 0.1) is 17.2 Å². The summed E-state index contributed by atoms with van der Waals surface area (Å²) in [6, 6.07) is 9.39. The topological polar surface area (TPSA) is 143 Å². The van der Waals surface area contributed by atoms with Gasteiger partial charge in [0.25, 0.3) is 0 Å². The molecule has 1 N–H and O–H groups in total. The summed E-state index contributed by atoms with van der Waals surface area (Å²) in [5.74, 6) is -1.48. The fraction of sp³-hybridized carbons (Fsp3) is 0.559. The first-order chi connectivity index (χ1) is 23.7. The summed E-state index contributed by atoms with van der Waals surface area (Å²) in [4.78, 5) is 16.9. The van der Waals surface area contributed by atoms with E-state index < -0.39 is 61.9 Å². The molecule has 12 nitrogen and oxygen atoms in total. The average Bonchev–Trinajstić information content (AvgIpc) is 3.83. The maximum Gasteiger partial charge on any atom is 0.391 e. The van der Waals surface area contributed by atoms with Crippen LogP contribution in [0.5, 0.6) is 5.75 Å². The zero-order chi connectivity index (χ0) is 35.8. The number of nitriles is 1. The third-order valence-corrected chi connectivity index (χ3v) is 12.5. The predicted octanol–water partition coefficient (Wildman–Crippen LogP) is 8.00. The van der Waals surface area contributed by atoms with Crippen LogP contribution in [0.1, 0.15) is 72.1 Å². The molecule has 2 aromatic heterocycles. The number of halogens is 2. The summed E-state index contributed by atoms with van der Waals surface area (Å²) in [5.41, 5.74) is 0.564. The van der Waals surface area contributed by atoms with E-state index in [1.54, 1.807) is 20.8 Å². The van der Waals surface area contributed by atoms with Crippen LogP contribution in [0.15, 0.2) is 36.5 Å². The van der Waals surface area contributed by atoms with E-state index in [2.05, 4.69) is 16.4 Å². The number of hydrogen-bond donors (Lipinski definition) is 1. The highest BCUT2D eigenvalue weighted by Crippen LogP contribution is 2.52. The Morgan fingerprint density at radius 2 is 1.90 bits per heavy atom. The Labute approximate surface area is 299 Å². The van der Waals surface area contributed by atoms with Crippen LogP contribution in [-0.4, -0.2) is 63.7 Å². The maximum absolute atomic E-state index is 13.9. The number of rotatable bonds is 12. The van der Waals surface area contributed by atoms with E-state index in [0.717, 1.165) is 31.1 Å². The fourth-order valence-electron chi connectivity index (χ4n) is 6.29. The molecule has 1 saturated carbocycles. The lowest BCUT2D eigenvalue weighted by atomic mass is 9.98. The van der Waals surface area contributed by atoms with Crippen molar-refractivity contribution < 1.29 is 41.7 Å². The van der Waals surface area contributed by atoms with E-state index >= 15 is 0 Å². The lowest BCUT2D eigenvalue weighted by molar-refractivity contribution is -0.193. The van der Waals surface area contributed by atoms with Crippen LogP contribution in [-0.2, 0) is 32.8 Å². The summed E-state index contributed by atoms with van der Waals surface area (Å²) in [6.45, 7) is 8.14. The van der Waals surface area contributed by atoms with Crippen LogP contribution in [0.2, 0.25) is 5.15 Å².